The molecule has 2 fully saturated rings. The van der Waals surface area contributed by atoms with Crippen LogP contribution in [-0.4, -0.2) is 47.2 Å². The van der Waals surface area contributed by atoms with Crippen LogP contribution in [0.4, 0.5) is 17.6 Å². The Kier molecular flexibility index (Phi) is 4.95. The van der Waals surface area contributed by atoms with Crippen LogP contribution >= 0.6 is 0 Å². The maximum absolute atomic E-state index is 4.76. The first-order valence-corrected chi connectivity index (χ1v) is 9.39. The molecule has 0 radical (unpaired) electrons. The molecule has 132 valence electrons. The summed E-state index contributed by atoms with van der Waals surface area (Å²) in [6.07, 6.45) is 10.2. The summed E-state index contributed by atoms with van der Waals surface area (Å²) in [5.41, 5.74) is 0. The monoisotopic (exact) mass is 338 g/mol. The van der Waals surface area contributed by atoms with Gasteiger partial charge in [-0.2, -0.15) is 4.98 Å². The molecule has 2 aliphatic rings. The zero-order valence-corrected chi connectivity index (χ0v) is 14.6. The molecule has 2 aromatic rings. The molecule has 1 aliphatic heterocycles. The highest BCUT2D eigenvalue weighted by Crippen LogP contribution is 2.22. The Bertz CT molecular complexity index is 663. The van der Waals surface area contributed by atoms with Crippen LogP contribution < -0.4 is 15.1 Å². The molecule has 0 spiro atoms. The molecule has 0 aromatic carbocycles. The molecule has 25 heavy (non-hydrogen) atoms. The molecule has 2 aromatic heterocycles. The van der Waals surface area contributed by atoms with Crippen molar-refractivity contribution in [3.63, 3.8) is 0 Å². The van der Waals surface area contributed by atoms with Crippen LogP contribution in [0.15, 0.2) is 36.7 Å². The van der Waals surface area contributed by atoms with Gasteiger partial charge in [-0.3, -0.25) is 0 Å². The molecule has 0 bridgehead atoms. The third-order valence-electron chi connectivity index (χ3n) is 5.16. The van der Waals surface area contributed by atoms with Crippen molar-refractivity contribution in [1.29, 1.82) is 0 Å². The van der Waals surface area contributed by atoms with Crippen LogP contribution in [0, 0.1) is 0 Å². The van der Waals surface area contributed by atoms with Gasteiger partial charge in [-0.15, -0.1) is 0 Å². The third kappa shape index (κ3) is 4.00. The second kappa shape index (κ2) is 7.68. The van der Waals surface area contributed by atoms with Crippen molar-refractivity contribution in [2.75, 3.05) is 41.3 Å². The van der Waals surface area contributed by atoms with Crippen molar-refractivity contribution >= 4 is 17.6 Å². The Morgan fingerprint density at radius 2 is 1.56 bits per heavy atom. The summed E-state index contributed by atoms with van der Waals surface area (Å²) < 4.78 is 0. The van der Waals surface area contributed by atoms with Gasteiger partial charge in [0, 0.05) is 44.6 Å². The highest BCUT2D eigenvalue weighted by atomic mass is 15.3. The van der Waals surface area contributed by atoms with Crippen molar-refractivity contribution in [1.82, 2.24) is 15.0 Å². The summed E-state index contributed by atoms with van der Waals surface area (Å²) in [6.45, 7) is 3.84. The van der Waals surface area contributed by atoms with Gasteiger partial charge in [-0.1, -0.05) is 25.3 Å². The zero-order chi connectivity index (χ0) is 16.9. The predicted octanol–water partition coefficient (Wildman–Crippen LogP) is 2.94. The molecule has 3 heterocycles. The van der Waals surface area contributed by atoms with Gasteiger partial charge in [0.2, 0.25) is 5.95 Å². The van der Waals surface area contributed by atoms with E-state index in [1.807, 2.05) is 30.6 Å². The van der Waals surface area contributed by atoms with E-state index < -0.39 is 0 Å². The van der Waals surface area contributed by atoms with E-state index in [2.05, 4.69) is 31.2 Å². The average Bonchev–Trinajstić information content (AvgIpc) is 2.70. The largest absolute Gasteiger partial charge is 0.353 e. The van der Waals surface area contributed by atoms with E-state index in [-0.39, 0.29) is 0 Å². The summed E-state index contributed by atoms with van der Waals surface area (Å²) in [5.74, 6) is 2.86. The van der Waals surface area contributed by atoms with Crippen molar-refractivity contribution in [2.45, 2.75) is 38.1 Å². The second-order valence-corrected chi connectivity index (χ2v) is 6.88. The first kappa shape index (κ1) is 16.1. The van der Waals surface area contributed by atoms with Crippen LogP contribution in [-0.2, 0) is 0 Å². The Morgan fingerprint density at radius 1 is 0.800 bits per heavy atom. The Labute approximate surface area is 149 Å². The van der Waals surface area contributed by atoms with Gasteiger partial charge in [-0.25, -0.2) is 9.97 Å². The fraction of sp³-hybridized carbons (Fsp3) is 0.526. The highest BCUT2D eigenvalue weighted by molar-refractivity contribution is 5.46. The highest BCUT2D eigenvalue weighted by Gasteiger charge is 2.20. The zero-order valence-electron chi connectivity index (χ0n) is 14.6. The molecule has 1 aliphatic carbocycles. The van der Waals surface area contributed by atoms with Crippen LogP contribution in [0.1, 0.15) is 32.1 Å². The maximum atomic E-state index is 4.76. The predicted molar refractivity (Wildman–Crippen MR) is 101 cm³/mol. The van der Waals surface area contributed by atoms with Gasteiger partial charge in [0.25, 0.3) is 0 Å². The summed E-state index contributed by atoms with van der Waals surface area (Å²) >= 11 is 0. The van der Waals surface area contributed by atoms with E-state index in [4.69, 9.17) is 4.98 Å². The fourth-order valence-electron chi connectivity index (χ4n) is 3.73. The van der Waals surface area contributed by atoms with E-state index in [1.165, 1.54) is 32.1 Å². The van der Waals surface area contributed by atoms with Crippen LogP contribution in [0.3, 0.4) is 0 Å². The first-order valence-electron chi connectivity index (χ1n) is 9.39. The summed E-state index contributed by atoms with van der Waals surface area (Å²) in [6, 6.07) is 8.63. The maximum Gasteiger partial charge on any atom is 0.224 e. The topological polar surface area (TPSA) is 57.2 Å². The number of piperazine rings is 1. The number of hydrogen-bond acceptors (Lipinski definition) is 6. The van der Waals surface area contributed by atoms with Crippen LogP contribution in [0.2, 0.25) is 0 Å². The number of pyridine rings is 1. The van der Waals surface area contributed by atoms with E-state index in [0.29, 0.717) is 6.04 Å². The lowest BCUT2D eigenvalue weighted by Gasteiger charge is -2.36. The minimum atomic E-state index is 0.532. The van der Waals surface area contributed by atoms with E-state index >= 15 is 0 Å². The SMILES string of the molecule is c1ccc(N2CCN(c3ccnc(NC4CCCCC4)n3)CC2)nc1. The summed E-state index contributed by atoms with van der Waals surface area (Å²) in [5, 5.41) is 3.53. The summed E-state index contributed by atoms with van der Waals surface area (Å²) in [7, 11) is 0. The van der Waals surface area contributed by atoms with Gasteiger partial charge < -0.3 is 15.1 Å². The average molecular weight is 338 g/mol. The summed E-state index contributed by atoms with van der Waals surface area (Å²) in [4.78, 5) is 18.3. The lowest BCUT2D eigenvalue weighted by atomic mass is 9.96. The number of nitrogens with zero attached hydrogens (tertiary/aromatic N) is 5. The molecule has 0 unspecified atom stereocenters. The molecule has 4 rings (SSSR count). The van der Waals surface area contributed by atoms with Crippen LogP contribution in [0.5, 0.6) is 0 Å². The molecule has 1 saturated carbocycles. The molecular weight excluding hydrogens is 312 g/mol. The number of nitrogens with one attached hydrogen (secondary N) is 1. The van der Waals surface area contributed by atoms with E-state index in [9.17, 15) is 0 Å². The number of anilines is 3. The van der Waals surface area contributed by atoms with Crippen molar-refractivity contribution in [2.24, 2.45) is 0 Å². The Balaban J connectivity index is 1.37. The molecule has 6 heteroatoms. The van der Waals surface area contributed by atoms with Crippen molar-refractivity contribution in [3.05, 3.63) is 36.7 Å². The lowest BCUT2D eigenvalue weighted by molar-refractivity contribution is 0.461. The normalized spacial score (nSPS) is 19.0. The molecule has 0 amide bonds. The van der Waals surface area contributed by atoms with Crippen molar-refractivity contribution < 1.29 is 0 Å². The third-order valence-corrected chi connectivity index (χ3v) is 5.16. The molecule has 6 nitrogen and oxygen atoms in total. The molecule has 1 saturated heterocycles. The number of aromatic nitrogens is 3. The minimum Gasteiger partial charge on any atom is -0.353 e. The van der Waals surface area contributed by atoms with E-state index in [1.54, 1.807) is 0 Å². The van der Waals surface area contributed by atoms with Gasteiger partial charge >= 0.3 is 0 Å². The standard InChI is InChI=1S/C19H26N6/c1-2-6-16(7-3-1)22-19-21-11-9-18(23-19)25-14-12-24(13-15-25)17-8-4-5-10-20-17/h4-5,8-11,16H,1-3,6-7,12-15H2,(H,21,22,23). The Morgan fingerprint density at radius 3 is 2.28 bits per heavy atom. The molecule has 1 N–H and O–H groups in total. The van der Waals surface area contributed by atoms with Gasteiger partial charge in [0.1, 0.15) is 11.6 Å². The number of hydrogen-bond donors (Lipinski definition) is 1. The smallest absolute Gasteiger partial charge is 0.224 e. The van der Waals surface area contributed by atoms with Gasteiger partial charge in [0.05, 0.1) is 0 Å². The minimum absolute atomic E-state index is 0.532. The molecular formula is C19H26N6. The van der Waals surface area contributed by atoms with Gasteiger partial charge in [-0.05, 0) is 31.0 Å². The van der Waals surface area contributed by atoms with Crippen LogP contribution in [0.25, 0.3) is 0 Å². The lowest BCUT2D eigenvalue weighted by Crippen LogP contribution is -2.47. The molecule has 0 atom stereocenters. The fourth-order valence-corrected chi connectivity index (χ4v) is 3.73. The first-order chi connectivity index (χ1) is 12.4. The Hall–Kier alpha value is -2.37. The van der Waals surface area contributed by atoms with E-state index in [0.717, 1.165) is 43.8 Å². The van der Waals surface area contributed by atoms with Gasteiger partial charge in [0.15, 0.2) is 0 Å². The number of rotatable bonds is 4. The quantitative estimate of drug-likeness (QED) is 0.925. The van der Waals surface area contributed by atoms with Crippen molar-refractivity contribution in [3.8, 4) is 0 Å². The second-order valence-electron chi connectivity index (χ2n) is 6.88.